The van der Waals surface area contributed by atoms with E-state index in [9.17, 15) is 8.42 Å². The third-order valence-electron chi connectivity index (χ3n) is 1.00. The molecular formula is C5H6O3S2. The largest absolute Gasteiger partial charge is 0.297 e. The van der Waals surface area contributed by atoms with Gasteiger partial charge < -0.3 is 0 Å². The fraction of sp³-hybridized carbons (Fsp3) is 0.200. The summed E-state index contributed by atoms with van der Waals surface area (Å²) in [5.41, 5.74) is 0. The van der Waals surface area contributed by atoms with Gasteiger partial charge in [-0.1, -0.05) is 0 Å². The van der Waals surface area contributed by atoms with Crippen molar-refractivity contribution >= 4 is 21.5 Å². The van der Waals surface area contributed by atoms with Crippen LogP contribution in [0.3, 0.4) is 0 Å². The van der Waals surface area contributed by atoms with Gasteiger partial charge in [-0.05, 0) is 11.4 Å². The number of hydrogen-bond donors (Lipinski definition) is 0. The maximum Gasteiger partial charge on any atom is 0.297 e. The molecule has 0 aromatic carbocycles. The minimum atomic E-state index is -3.44. The van der Waals surface area contributed by atoms with Crippen molar-refractivity contribution in [3.8, 4) is 0 Å². The Balaban J connectivity index is 3.09. The van der Waals surface area contributed by atoms with Crippen molar-refractivity contribution in [2.75, 3.05) is 7.11 Å². The van der Waals surface area contributed by atoms with Crippen molar-refractivity contribution in [1.29, 1.82) is 0 Å². The Hall–Kier alpha value is -0.390. The molecule has 56 valence electrons. The Morgan fingerprint density at radius 3 is 2.70 bits per heavy atom. The van der Waals surface area contributed by atoms with Gasteiger partial charge in [0, 0.05) is 5.38 Å². The smallest absolute Gasteiger partial charge is 0.270 e. The highest BCUT2D eigenvalue weighted by Crippen LogP contribution is 2.14. The highest BCUT2D eigenvalue weighted by atomic mass is 32.2. The molecule has 1 rings (SSSR count). The van der Waals surface area contributed by atoms with E-state index in [1.54, 1.807) is 5.38 Å². The molecule has 0 saturated heterocycles. The molecule has 0 bridgehead atoms. The van der Waals surface area contributed by atoms with Crippen molar-refractivity contribution in [2.24, 2.45) is 0 Å². The monoisotopic (exact) mass is 178 g/mol. The molecule has 0 radical (unpaired) electrons. The topological polar surface area (TPSA) is 43.4 Å². The first-order valence-electron chi connectivity index (χ1n) is 2.49. The molecule has 3 nitrogen and oxygen atoms in total. The van der Waals surface area contributed by atoms with Crippen molar-refractivity contribution in [3.63, 3.8) is 0 Å². The van der Waals surface area contributed by atoms with Gasteiger partial charge in [0.1, 0.15) is 4.90 Å². The molecule has 5 heteroatoms. The summed E-state index contributed by atoms with van der Waals surface area (Å²) in [4.78, 5) is 0.222. The molecule has 10 heavy (non-hydrogen) atoms. The maximum atomic E-state index is 10.8. The minimum absolute atomic E-state index is 0.222. The van der Waals surface area contributed by atoms with Crippen molar-refractivity contribution < 1.29 is 12.6 Å². The Kier molecular flexibility index (Phi) is 2.08. The molecule has 1 heterocycles. The third-order valence-corrected chi connectivity index (χ3v) is 3.11. The Morgan fingerprint density at radius 2 is 2.30 bits per heavy atom. The molecule has 0 unspecified atom stereocenters. The lowest BCUT2D eigenvalue weighted by atomic mass is 10.7. The molecule has 0 spiro atoms. The zero-order valence-corrected chi connectivity index (χ0v) is 6.91. The van der Waals surface area contributed by atoms with Crippen LogP contribution in [-0.2, 0) is 14.3 Å². The Labute approximate surface area is 63.4 Å². The zero-order valence-electron chi connectivity index (χ0n) is 5.27. The molecule has 0 aliphatic heterocycles. The van der Waals surface area contributed by atoms with E-state index in [4.69, 9.17) is 0 Å². The second-order valence-electron chi connectivity index (χ2n) is 1.58. The lowest BCUT2D eigenvalue weighted by Gasteiger charge is -1.94. The number of rotatable bonds is 2. The summed E-state index contributed by atoms with van der Waals surface area (Å²) in [5, 5.41) is 3.21. The normalized spacial score (nSPS) is 11.7. The van der Waals surface area contributed by atoms with E-state index < -0.39 is 10.1 Å². The predicted molar refractivity (Wildman–Crippen MR) is 38.5 cm³/mol. The summed E-state index contributed by atoms with van der Waals surface area (Å²) >= 11 is 1.32. The van der Waals surface area contributed by atoms with E-state index in [-0.39, 0.29) is 4.90 Å². The maximum absolute atomic E-state index is 10.8. The molecule has 0 fully saturated rings. The quantitative estimate of drug-likeness (QED) is 0.636. The summed E-state index contributed by atoms with van der Waals surface area (Å²) in [5.74, 6) is 0. The van der Waals surface area contributed by atoms with E-state index >= 15 is 0 Å². The first kappa shape index (κ1) is 7.71. The van der Waals surface area contributed by atoms with Gasteiger partial charge in [0.05, 0.1) is 7.11 Å². The van der Waals surface area contributed by atoms with E-state index in [1.165, 1.54) is 22.8 Å². The summed E-state index contributed by atoms with van der Waals surface area (Å²) < 4.78 is 26.0. The molecule has 0 amide bonds. The van der Waals surface area contributed by atoms with Gasteiger partial charge in [-0.25, -0.2) is 0 Å². The van der Waals surface area contributed by atoms with Crippen molar-refractivity contribution in [1.82, 2.24) is 0 Å². The van der Waals surface area contributed by atoms with Gasteiger partial charge >= 0.3 is 0 Å². The van der Waals surface area contributed by atoms with Crippen LogP contribution < -0.4 is 0 Å². The van der Waals surface area contributed by atoms with Crippen LogP contribution in [0.4, 0.5) is 0 Å². The van der Waals surface area contributed by atoms with Gasteiger partial charge in [0.15, 0.2) is 0 Å². The van der Waals surface area contributed by atoms with Gasteiger partial charge in [0.2, 0.25) is 0 Å². The van der Waals surface area contributed by atoms with Gasteiger partial charge in [-0.2, -0.15) is 19.8 Å². The van der Waals surface area contributed by atoms with E-state index in [0.29, 0.717) is 0 Å². The van der Waals surface area contributed by atoms with E-state index in [0.717, 1.165) is 7.11 Å². The average Bonchev–Trinajstić information content (AvgIpc) is 2.38. The van der Waals surface area contributed by atoms with Crippen molar-refractivity contribution in [2.45, 2.75) is 4.90 Å². The van der Waals surface area contributed by atoms with Crippen LogP contribution in [0.25, 0.3) is 0 Å². The minimum Gasteiger partial charge on any atom is -0.270 e. The van der Waals surface area contributed by atoms with Crippen LogP contribution in [0.15, 0.2) is 21.7 Å². The lowest BCUT2D eigenvalue weighted by molar-refractivity contribution is 0.398. The summed E-state index contributed by atoms with van der Waals surface area (Å²) in [6, 6.07) is 1.50. The molecule has 1 aromatic heterocycles. The number of thiophene rings is 1. The van der Waals surface area contributed by atoms with Crippen LogP contribution in [-0.4, -0.2) is 15.5 Å². The molecule has 0 atom stereocenters. The Morgan fingerprint density at radius 1 is 1.60 bits per heavy atom. The first-order chi connectivity index (χ1) is 4.67. The highest BCUT2D eigenvalue weighted by molar-refractivity contribution is 7.86. The van der Waals surface area contributed by atoms with Crippen molar-refractivity contribution in [3.05, 3.63) is 16.8 Å². The van der Waals surface area contributed by atoms with E-state index in [2.05, 4.69) is 4.18 Å². The predicted octanol–water partition coefficient (Wildman–Crippen LogP) is 1.08. The van der Waals surface area contributed by atoms with E-state index in [1.807, 2.05) is 0 Å². The molecular weight excluding hydrogens is 172 g/mol. The second kappa shape index (κ2) is 2.69. The molecule has 1 aromatic rings. The fourth-order valence-corrected chi connectivity index (χ4v) is 2.16. The summed E-state index contributed by atoms with van der Waals surface area (Å²) in [6.45, 7) is 0. The standard InChI is InChI=1S/C5H6O3S2/c1-8-10(6,7)5-2-3-9-4-5/h2-4H,1H3. The third kappa shape index (κ3) is 1.36. The molecule has 0 aliphatic carbocycles. The number of hydrogen-bond acceptors (Lipinski definition) is 4. The lowest BCUT2D eigenvalue weighted by Crippen LogP contribution is -2.00. The molecule has 0 aliphatic rings. The SMILES string of the molecule is COS(=O)(=O)c1ccsc1. The summed E-state index contributed by atoms with van der Waals surface area (Å²) in [7, 11) is -2.30. The van der Waals surface area contributed by atoms with Gasteiger partial charge in [0.25, 0.3) is 10.1 Å². The highest BCUT2D eigenvalue weighted by Gasteiger charge is 2.11. The van der Waals surface area contributed by atoms with Crippen LogP contribution in [0.5, 0.6) is 0 Å². The average molecular weight is 178 g/mol. The van der Waals surface area contributed by atoms with Crippen LogP contribution in [0.2, 0.25) is 0 Å². The summed E-state index contributed by atoms with van der Waals surface area (Å²) in [6.07, 6.45) is 0. The van der Waals surface area contributed by atoms with Gasteiger partial charge in [-0.3, -0.25) is 4.18 Å². The van der Waals surface area contributed by atoms with Crippen LogP contribution >= 0.6 is 11.3 Å². The molecule has 0 N–H and O–H groups in total. The first-order valence-corrected chi connectivity index (χ1v) is 4.85. The fourth-order valence-electron chi connectivity index (χ4n) is 0.490. The van der Waals surface area contributed by atoms with Crippen LogP contribution in [0.1, 0.15) is 0 Å². The Bertz CT molecular complexity index is 285. The van der Waals surface area contributed by atoms with Crippen LogP contribution in [0, 0.1) is 0 Å². The zero-order chi connectivity index (χ0) is 7.61. The van der Waals surface area contributed by atoms with Gasteiger partial charge in [-0.15, -0.1) is 0 Å². The second-order valence-corrected chi connectivity index (χ2v) is 4.07. The molecule has 0 saturated carbocycles.